The molecule has 16 heavy (non-hydrogen) atoms. The maximum Gasteiger partial charge on any atom is 0.263 e. The van der Waals surface area contributed by atoms with Crippen molar-refractivity contribution in [1.82, 2.24) is 10.3 Å². The van der Waals surface area contributed by atoms with Crippen molar-refractivity contribution in [2.45, 2.75) is 13.5 Å². The maximum atomic E-state index is 11.6. The van der Waals surface area contributed by atoms with Gasteiger partial charge < -0.3 is 5.32 Å². The van der Waals surface area contributed by atoms with E-state index in [0.717, 1.165) is 5.56 Å². The van der Waals surface area contributed by atoms with Crippen LogP contribution in [0, 0.1) is 6.92 Å². The Kier molecular flexibility index (Phi) is 3.31. The van der Waals surface area contributed by atoms with Crippen LogP contribution in [0.4, 0.5) is 0 Å². The second-order valence-corrected chi connectivity index (χ2v) is 4.42. The molecule has 0 spiro atoms. The first kappa shape index (κ1) is 10.8. The lowest BCUT2D eigenvalue weighted by Gasteiger charge is -2.03. The third-order valence-corrected chi connectivity index (χ3v) is 3.00. The monoisotopic (exact) mass is 232 g/mol. The molecule has 2 aromatic rings. The van der Waals surface area contributed by atoms with Gasteiger partial charge in [0.25, 0.3) is 5.91 Å². The molecule has 1 aromatic carbocycles. The van der Waals surface area contributed by atoms with Crippen LogP contribution in [0.25, 0.3) is 0 Å². The number of amides is 1. The Morgan fingerprint density at radius 3 is 2.75 bits per heavy atom. The van der Waals surface area contributed by atoms with E-state index in [1.54, 1.807) is 11.7 Å². The van der Waals surface area contributed by atoms with Crippen LogP contribution in [0.15, 0.2) is 36.0 Å². The van der Waals surface area contributed by atoms with Crippen molar-refractivity contribution >= 4 is 17.2 Å². The van der Waals surface area contributed by atoms with Gasteiger partial charge >= 0.3 is 0 Å². The molecule has 0 aliphatic rings. The predicted octanol–water partition coefficient (Wildman–Crippen LogP) is 2.38. The van der Waals surface area contributed by atoms with Crippen LogP contribution < -0.4 is 5.32 Å². The Morgan fingerprint density at radius 1 is 1.38 bits per heavy atom. The van der Waals surface area contributed by atoms with Crippen LogP contribution >= 0.6 is 11.3 Å². The Bertz CT molecular complexity index is 462. The van der Waals surface area contributed by atoms with Crippen LogP contribution in [0.1, 0.15) is 20.8 Å². The summed E-state index contributed by atoms with van der Waals surface area (Å²) in [6.45, 7) is 2.59. The van der Waals surface area contributed by atoms with Crippen LogP contribution in [0.3, 0.4) is 0 Å². The van der Waals surface area contributed by atoms with Crippen molar-refractivity contribution in [3.05, 3.63) is 52.0 Å². The highest BCUT2D eigenvalue weighted by Gasteiger charge is 2.05. The van der Waals surface area contributed by atoms with Crippen molar-refractivity contribution in [3.63, 3.8) is 0 Å². The molecule has 1 amide bonds. The fourth-order valence-electron chi connectivity index (χ4n) is 1.30. The second-order valence-electron chi connectivity index (χ2n) is 3.53. The molecule has 0 unspecified atom stereocenters. The Labute approximate surface area is 98.2 Å². The summed E-state index contributed by atoms with van der Waals surface area (Å²) in [4.78, 5) is 16.1. The molecule has 82 valence electrons. The minimum Gasteiger partial charge on any atom is -0.347 e. The molecule has 0 saturated carbocycles. The van der Waals surface area contributed by atoms with E-state index < -0.39 is 0 Å². The molecule has 0 aliphatic carbocycles. The zero-order valence-electron chi connectivity index (χ0n) is 8.93. The molecular formula is C12H12N2OS. The fourth-order valence-corrected chi connectivity index (χ4v) is 1.84. The summed E-state index contributed by atoms with van der Waals surface area (Å²) in [5.74, 6) is -0.0666. The van der Waals surface area contributed by atoms with Gasteiger partial charge in [0.1, 0.15) is 4.88 Å². The smallest absolute Gasteiger partial charge is 0.263 e. The van der Waals surface area contributed by atoms with Gasteiger partial charge in [0.15, 0.2) is 0 Å². The third kappa shape index (κ3) is 2.67. The van der Waals surface area contributed by atoms with Gasteiger partial charge in [-0.05, 0) is 12.5 Å². The number of hydrogen-bond donors (Lipinski definition) is 1. The topological polar surface area (TPSA) is 42.0 Å². The number of rotatable bonds is 3. The van der Waals surface area contributed by atoms with Crippen LogP contribution in [-0.2, 0) is 6.54 Å². The van der Waals surface area contributed by atoms with E-state index in [-0.39, 0.29) is 5.91 Å². The van der Waals surface area contributed by atoms with E-state index >= 15 is 0 Å². The lowest BCUT2D eigenvalue weighted by Crippen LogP contribution is -2.21. The van der Waals surface area contributed by atoms with Gasteiger partial charge in [-0.2, -0.15) is 0 Å². The fraction of sp³-hybridized carbons (Fsp3) is 0.167. The number of carbonyl (C=O) groups is 1. The number of benzene rings is 1. The predicted molar refractivity (Wildman–Crippen MR) is 64.5 cm³/mol. The quantitative estimate of drug-likeness (QED) is 0.882. The highest BCUT2D eigenvalue weighted by molar-refractivity contribution is 7.11. The van der Waals surface area contributed by atoms with E-state index in [1.165, 1.54) is 16.9 Å². The zero-order valence-corrected chi connectivity index (χ0v) is 9.75. The second kappa shape index (κ2) is 4.90. The highest BCUT2D eigenvalue weighted by Crippen LogP contribution is 2.06. The molecule has 0 saturated heterocycles. The zero-order chi connectivity index (χ0) is 11.4. The Balaban J connectivity index is 1.93. The van der Waals surface area contributed by atoms with Crippen LogP contribution in [-0.4, -0.2) is 10.9 Å². The molecule has 0 fully saturated rings. The van der Waals surface area contributed by atoms with Crippen molar-refractivity contribution in [3.8, 4) is 0 Å². The van der Waals surface area contributed by atoms with Gasteiger partial charge in [0.05, 0.1) is 11.7 Å². The first-order valence-corrected chi connectivity index (χ1v) is 5.86. The van der Waals surface area contributed by atoms with Crippen LogP contribution in [0.2, 0.25) is 0 Å². The molecular weight excluding hydrogens is 220 g/mol. The number of carbonyl (C=O) groups excluding carboxylic acids is 1. The summed E-state index contributed by atoms with van der Waals surface area (Å²) in [5.41, 5.74) is 3.97. The van der Waals surface area contributed by atoms with Crippen molar-refractivity contribution in [2.75, 3.05) is 0 Å². The highest BCUT2D eigenvalue weighted by atomic mass is 32.1. The molecule has 2 rings (SSSR count). The van der Waals surface area contributed by atoms with E-state index in [1.807, 2.05) is 31.2 Å². The van der Waals surface area contributed by atoms with E-state index in [9.17, 15) is 4.79 Å². The molecule has 0 radical (unpaired) electrons. The van der Waals surface area contributed by atoms with Crippen molar-refractivity contribution in [2.24, 2.45) is 0 Å². The van der Waals surface area contributed by atoms with Gasteiger partial charge in [0, 0.05) is 6.54 Å². The van der Waals surface area contributed by atoms with E-state index in [2.05, 4.69) is 10.3 Å². The molecule has 1 heterocycles. The molecule has 3 nitrogen and oxygen atoms in total. The van der Waals surface area contributed by atoms with Crippen LogP contribution in [0.5, 0.6) is 0 Å². The summed E-state index contributed by atoms with van der Waals surface area (Å²) in [7, 11) is 0. The van der Waals surface area contributed by atoms with Gasteiger partial charge in [-0.1, -0.05) is 29.8 Å². The summed E-state index contributed by atoms with van der Waals surface area (Å²) in [6.07, 6.45) is 1.58. The van der Waals surface area contributed by atoms with Crippen molar-refractivity contribution in [1.29, 1.82) is 0 Å². The molecule has 0 bridgehead atoms. The lowest BCUT2D eigenvalue weighted by molar-refractivity contribution is 0.0955. The Morgan fingerprint density at radius 2 is 2.12 bits per heavy atom. The SMILES string of the molecule is Cc1ccc(CNC(=O)c2cncs2)cc1. The first-order valence-electron chi connectivity index (χ1n) is 4.98. The standard InChI is InChI=1S/C12H12N2OS/c1-9-2-4-10(5-3-9)6-14-12(15)11-7-13-8-16-11/h2-5,7-8H,6H2,1H3,(H,14,15). The number of hydrogen-bond acceptors (Lipinski definition) is 3. The maximum absolute atomic E-state index is 11.6. The van der Waals surface area contributed by atoms with Gasteiger partial charge in [-0.3, -0.25) is 9.78 Å². The number of aryl methyl sites for hydroxylation is 1. The average molecular weight is 232 g/mol. The summed E-state index contributed by atoms with van der Waals surface area (Å²) in [6, 6.07) is 8.10. The van der Waals surface area contributed by atoms with Gasteiger partial charge in [-0.15, -0.1) is 11.3 Å². The van der Waals surface area contributed by atoms with E-state index in [0.29, 0.717) is 11.4 Å². The van der Waals surface area contributed by atoms with Gasteiger partial charge in [-0.25, -0.2) is 0 Å². The number of aromatic nitrogens is 1. The summed E-state index contributed by atoms with van der Waals surface area (Å²) >= 11 is 1.35. The summed E-state index contributed by atoms with van der Waals surface area (Å²) < 4.78 is 0. The number of thiazole rings is 1. The Hall–Kier alpha value is -1.68. The largest absolute Gasteiger partial charge is 0.347 e. The summed E-state index contributed by atoms with van der Waals surface area (Å²) in [5, 5.41) is 2.85. The molecule has 0 aliphatic heterocycles. The number of nitrogens with one attached hydrogen (secondary N) is 1. The normalized spacial score (nSPS) is 10.1. The third-order valence-electron chi connectivity index (χ3n) is 2.23. The molecule has 1 aromatic heterocycles. The van der Waals surface area contributed by atoms with Crippen molar-refractivity contribution < 1.29 is 4.79 Å². The minimum absolute atomic E-state index is 0.0666. The first-order chi connectivity index (χ1) is 7.75. The molecule has 0 atom stereocenters. The number of nitrogens with zero attached hydrogens (tertiary/aromatic N) is 1. The minimum atomic E-state index is -0.0666. The van der Waals surface area contributed by atoms with E-state index in [4.69, 9.17) is 0 Å². The average Bonchev–Trinajstić information content (AvgIpc) is 2.81. The lowest BCUT2D eigenvalue weighted by atomic mass is 10.1. The molecule has 4 heteroatoms. The molecule has 1 N–H and O–H groups in total. The van der Waals surface area contributed by atoms with Gasteiger partial charge in [0.2, 0.25) is 0 Å².